The van der Waals surface area contributed by atoms with Crippen molar-refractivity contribution in [3.05, 3.63) is 57.6 Å². The molecule has 2 heterocycles. The maximum Gasteiger partial charge on any atom is 0.270 e. The normalized spacial score (nSPS) is 15.4. The van der Waals surface area contributed by atoms with Crippen molar-refractivity contribution in [2.75, 3.05) is 10.7 Å². The van der Waals surface area contributed by atoms with E-state index in [9.17, 15) is 24.5 Å². The van der Waals surface area contributed by atoms with Crippen LogP contribution in [0.4, 0.5) is 11.4 Å². The van der Waals surface area contributed by atoms with E-state index < -0.39 is 16.7 Å². The van der Waals surface area contributed by atoms with Crippen molar-refractivity contribution >= 4 is 62.4 Å². The third-order valence-corrected chi connectivity index (χ3v) is 7.12. The van der Waals surface area contributed by atoms with Crippen LogP contribution in [0, 0.1) is 10.1 Å². The molecule has 3 aromatic rings. The number of nitro benzene ring substituents is 1. The maximum atomic E-state index is 12.8. The van der Waals surface area contributed by atoms with Crippen LogP contribution in [0.25, 0.3) is 10.2 Å². The standard InChI is InChI=1S/C20H14N4O5S2/c25-17(21-10-1-2-10)9-30-20-22-15-6-4-11(8-16(15)31-20)23-18(26)13-5-3-12(24(28)29)7-14(13)19(23)27/h3-8,10H,1-2,9H2,(H,21,25). The molecule has 0 bridgehead atoms. The van der Waals surface area contributed by atoms with Gasteiger partial charge in [-0.05, 0) is 37.1 Å². The first-order valence-electron chi connectivity index (χ1n) is 9.41. The van der Waals surface area contributed by atoms with E-state index in [1.807, 2.05) is 0 Å². The Morgan fingerprint density at radius 3 is 2.71 bits per heavy atom. The Labute approximate surface area is 183 Å². The molecule has 0 unspecified atom stereocenters. The van der Waals surface area contributed by atoms with E-state index >= 15 is 0 Å². The lowest BCUT2D eigenvalue weighted by molar-refractivity contribution is -0.384. The Hall–Kier alpha value is -3.31. The number of nitrogens with one attached hydrogen (secondary N) is 1. The largest absolute Gasteiger partial charge is 0.353 e. The zero-order valence-corrected chi connectivity index (χ0v) is 17.5. The smallest absolute Gasteiger partial charge is 0.270 e. The number of nitro groups is 1. The van der Waals surface area contributed by atoms with Crippen LogP contribution in [-0.2, 0) is 4.79 Å². The van der Waals surface area contributed by atoms with E-state index in [0.717, 1.165) is 32.8 Å². The van der Waals surface area contributed by atoms with Crippen LogP contribution < -0.4 is 10.2 Å². The van der Waals surface area contributed by atoms with Crippen molar-refractivity contribution in [3.8, 4) is 0 Å². The molecule has 1 N–H and O–H groups in total. The first-order chi connectivity index (χ1) is 14.9. The van der Waals surface area contributed by atoms with Crippen LogP contribution in [0.15, 0.2) is 40.7 Å². The Morgan fingerprint density at radius 2 is 1.97 bits per heavy atom. The first kappa shape index (κ1) is 19.6. The van der Waals surface area contributed by atoms with Gasteiger partial charge < -0.3 is 5.32 Å². The molecule has 0 spiro atoms. The number of fused-ring (bicyclic) bond motifs is 2. The van der Waals surface area contributed by atoms with Crippen LogP contribution in [0.2, 0.25) is 0 Å². The molecule has 2 aliphatic rings. The third kappa shape index (κ3) is 3.66. The predicted octanol–water partition coefficient (Wildman–Crippen LogP) is 3.38. The Kier molecular flexibility index (Phi) is 4.71. The first-order valence-corrected chi connectivity index (χ1v) is 11.2. The van der Waals surface area contributed by atoms with Crippen molar-refractivity contribution in [1.29, 1.82) is 0 Å². The van der Waals surface area contributed by atoms with Gasteiger partial charge in [0.15, 0.2) is 4.34 Å². The van der Waals surface area contributed by atoms with Gasteiger partial charge in [-0.15, -0.1) is 11.3 Å². The van der Waals surface area contributed by atoms with Crippen LogP contribution in [0.3, 0.4) is 0 Å². The van der Waals surface area contributed by atoms with Crippen molar-refractivity contribution in [2.45, 2.75) is 23.2 Å². The second-order valence-electron chi connectivity index (χ2n) is 7.19. The quantitative estimate of drug-likeness (QED) is 0.262. The molecular formula is C20H14N4O5S2. The van der Waals surface area contributed by atoms with E-state index in [2.05, 4.69) is 10.3 Å². The number of benzene rings is 2. The van der Waals surface area contributed by atoms with Crippen LogP contribution in [0.1, 0.15) is 33.6 Å². The molecule has 2 aromatic carbocycles. The molecule has 156 valence electrons. The predicted molar refractivity (Wildman–Crippen MR) is 116 cm³/mol. The number of amides is 3. The zero-order chi connectivity index (χ0) is 21.7. The van der Waals surface area contributed by atoms with E-state index in [4.69, 9.17) is 0 Å². The number of anilines is 1. The summed E-state index contributed by atoms with van der Waals surface area (Å²) in [5.41, 5.74) is 0.977. The molecule has 1 aromatic heterocycles. The molecule has 31 heavy (non-hydrogen) atoms. The molecule has 1 aliphatic carbocycles. The van der Waals surface area contributed by atoms with Crippen LogP contribution >= 0.6 is 23.1 Å². The number of carbonyl (C=O) groups excluding carboxylic acids is 3. The summed E-state index contributed by atoms with van der Waals surface area (Å²) in [4.78, 5) is 53.4. The number of aromatic nitrogens is 1. The lowest BCUT2D eigenvalue weighted by Crippen LogP contribution is -2.29. The van der Waals surface area contributed by atoms with Gasteiger partial charge in [-0.1, -0.05) is 11.8 Å². The molecule has 0 atom stereocenters. The minimum Gasteiger partial charge on any atom is -0.353 e. The summed E-state index contributed by atoms with van der Waals surface area (Å²) >= 11 is 2.71. The molecule has 5 rings (SSSR count). The molecule has 11 heteroatoms. The second-order valence-corrected chi connectivity index (χ2v) is 9.45. The number of rotatable bonds is 6. The van der Waals surface area contributed by atoms with Gasteiger partial charge in [0.05, 0.1) is 37.7 Å². The zero-order valence-electron chi connectivity index (χ0n) is 15.9. The fraction of sp³-hybridized carbons (Fsp3) is 0.200. The van der Waals surface area contributed by atoms with Gasteiger partial charge in [-0.2, -0.15) is 0 Å². The number of hydrogen-bond donors (Lipinski definition) is 1. The average molecular weight is 454 g/mol. The summed E-state index contributed by atoms with van der Waals surface area (Å²) in [6.45, 7) is 0. The number of non-ortho nitro benzene ring substituents is 1. The fourth-order valence-electron chi connectivity index (χ4n) is 3.29. The lowest BCUT2D eigenvalue weighted by atomic mass is 10.1. The van der Waals surface area contributed by atoms with Gasteiger partial charge in [0.25, 0.3) is 17.5 Å². The number of imide groups is 1. The minimum absolute atomic E-state index is 0.0153. The summed E-state index contributed by atoms with van der Waals surface area (Å²) in [5.74, 6) is -0.864. The number of thiazole rings is 1. The van der Waals surface area contributed by atoms with Crippen molar-refractivity contribution in [3.63, 3.8) is 0 Å². The highest BCUT2D eigenvalue weighted by atomic mass is 32.2. The summed E-state index contributed by atoms with van der Waals surface area (Å²) in [6, 6.07) is 8.98. The summed E-state index contributed by atoms with van der Waals surface area (Å²) < 4.78 is 1.49. The number of thioether (sulfide) groups is 1. The van der Waals surface area contributed by atoms with E-state index in [1.165, 1.54) is 35.2 Å². The number of carbonyl (C=O) groups is 3. The topological polar surface area (TPSA) is 123 Å². The van der Waals surface area contributed by atoms with Crippen molar-refractivity contribution < 1.29 is 19.3 Å². The number of hydrogen-bond acceptors (Lipinski definition) is 8. The maximum absolute atomic E-state index is 12.8. The molecule has 0 saturated heterocycles. The van der Waals surface area contributed by atoms with Crippen LogP contribution in [0.5, 0.6) is 0 Å². The fourth-order valence-corrected chi connectivity index (χ4v) is 5.21. The highest BCUT2D eigenvalue weighted by Gasteiger charge is 2.38. The molecule has 1 saturated carbocycles. The molecule has 1 aliphatic heterocycles. The molecule has 0 radical (unpaired) electrons. The van der Waals surface area contributed by atoms with Gasteiger partial charge in [-0.25, -0.2) is 9.88 Å². The van der Waals surface area contributed by atoms with Gasteiger partial charge in [0.2, 0.25) is 5.91 Å². The van der Waals surface area contributed by atoms with E-state index in [1.54, 1.807) is 18.2 Å². The molecule has 9 nitrogen and oxygen atoms in total. The Bertz CT molecular complexity index is 1280. The highest BCUT2D eigenvalue weighted by Crippen LogP contribution is 2.35. The number of nitrogens with zero attached hydrogens (tertiary/aromatic N) is 3. The van der Waals surface area contributed by atoms with Gasteiger partial charge in [0.1, 0.15) is 0 Å². The van der Waals surface area contributed by atoms with Crippen molar-refractivity contribution in [1.82, 2.24) is 10.3 Å². The molecule has 1 fully saturated rings. The third-order valence-electron chi connectivity index (χ3n) is 4.96. The Morgan fingerprint density at radius 1 is 1.19 bits per heavy atom. The second kappa shape index (κ2) is 7.43. The van der Waals surface area contributed by atoms with Gasteiger partial charge in [-0.3, -0.25) is 24.5 Å². The SMILES string of the molecule is O=C(CSc1nc2ccc(N3C(=O)c4ccc([N+](=O)[O-])cc4C3=O)cc2s1)NC1CC1. The van der Waals surface area contributed by atoms with Crippen LogP contribution in [-0.4, -0.2) is 39.4 Å². The van der Waals surface area contributed by atoms with Crippen molar-refractivity contribution in [2.24, 2.45) is 0 Å². The lowest BCUT2D eigenvalue weighted by Gasteiger charge is -2.13. The summed E-state index contributed by atoms with van der Waals surface area (Å²) in [5, 5.41) is 13.9. The summed E-state index contributed by atoms with van der Waals surface area (Å²) in [7, 11) is 0. The van der Waals surface area contributed by atoms with E-state index in [-0.39, 0.29) is 28.5 Å². The minimum atomic E-state index is -0.603. The summed E-state index contributed by atoms with van der Waals surface area (Å²) in [6.07, 6.45) is 2.07. The van der Waals surface area contributed by atoms with E-state index in [0.29, 0.717) is 17.2 Å². The highest BCUT2D eigenvalue weighted by molar-refractivity contribution is 8.01. The Balaban J connectivity index is 1.38. The molecular weight excluding hydrogens is 440 g/mol. The monoisotopic (exact) mass is 454 g/mol. The molecule has 3 amide bonds. The van der Waals surface area contributed by atoms with Gasteiger partial charge in [0, 0.05) is 18.2 Å². The van der Waals surface area contributed by atoms with Gasteiger partial charge >= 0.3 is 0 Å². The average Bonchev–Trinajstić information content (AvgIpc) is 3.40.